The molecule has 0 radical (unpaired) electrons. The summed E-state index contributed by atoms with van der Waals surface area (Å²) in [5.41, 5.74) is 2.84. The quantitative estimate of drug-likeness (QED) is 0.894. The maximum Gasteiger partial charge on any atom is 0.0713 e. The lowest BCUT2D eigenvalue weighted by Gasteiger charge is -2.36. The Morgan fingerprint density at radius 1 is 1.30 bits per heavy atom. The Balaban J connectivity index is 2.19. The van der Waals surface area contributed by atoms with E-state index < -0.39 is 0 Å². The first-order chi connectivity index (χ1) is 9.73. The van der Waals surface area contributed by atoms with Crippen LogP contribution in [0.2, 0.25) is 0 Å². The van der Waals surface area contributed by atoms with Crippen LogP contribution in [0, 0.1) is 0 Å². The van der Waals surface area contributed by atoms with Gasteiger partial charge in [0.05, 0.1) is 6.61 Å². The maximum absolute atomic E-state index is 5.25. The minimum atomic E-state index is 0.258. The number of ether oxygens (including phenoxy) is 1. The fourth-order valence-electron chi connectivity index (χ4n) is 3.08. The van der Waals surface area contributed by atoms with Crippen molar-refractivity contribution in [1.82, 2.24) is 5.32 Å². The smallest absolute Gasteiger partial charge is 0.0713 e. The normalized spacial score (nSPS) is 18.9. The van der Waals surface area contributed by atoms with E-state index in [2.05, 4.69) is 48.3 Å². The average molecular weight is 276 g/mol. The lowest BCUT2D eigenvalue weighted by atomic mass is 9.92. The van der Waals surface area contributed by atoms with Gasteiger partial charge in [0.15, 0.2) is 0 Å². The predicted molar refractivity (Wildman–Crippen MR) is 85.3 cm³/mol. The standard InChI is InChI=1S/C17H28N2O/c1-4-17(5-2)14-19(11-7-10-18-17)16-9-6-8-15(12-16)13-20-3/h6,8-9,12,18H,4-5,7,10-11,13-14H2,1-3H3. The molecule has 3 nitrogen and oxygen atoms in total. The van der Waals surface area contributed by atoms with Gasteiger partial charge in [-0.05, 0) is 43.5 Å². The summed E-state index contributed by atoms with van der Waals surface area (Å²) >= 11 is 0. The Hall–Kier alpha value is -1.06. The number of nitrogens with one attached hydrogen (secondary N) is 1. The molecule has 1 saturated heterocycles. The highest BCUT2D eigenvalue weighted by atomic mass is 16.5. The molecule has 1 aliphatic heterocycles. The fourth-order valence-corrected chi connectivity index (χ4v) is 3.08. The summed E-state index contributed by atoms with van der Waals surface area (Å²) in [4.78, 5) is 2.53. The Kier molecular flexibility index (Phi) is 5.44. The van der Waals surface area contributed by atoms with Crippen LogP contribution in [-0.4, -0.2) is 32.3 Å². The van der Waals surface area contributed by atoms with Crippen LogP contribution in [0.25, 0.3) is 0 Å². The third kappa shape index (κ3) is 3.53. The third-order valence-corrected chi connectivity index (χ3v) is 4.54. The summed E-state index contributed by atoms with van der Waals surface area (Å²) in [7, 11) is 1.75. The van der Waals surface area contributed by atoms with E-state index in [1.165, 1.54) is 30.5 Å². The van der Waals surface area contributed by atoms with Gasteiger partial charge in [-0.2, -0.15) is 0 Å². The summed E-state index contributed by atoms with van der Waals surface area (Å²) in [6.45, 7) is 8.62. The Bertz CT molecular complexity index is 415. The van der Waals surface area contributed by atoms with Gasteiger partial charge in [-0.15, -0.1) is 0 Å². The first kappa shape index (κ1) is 15.3. The molecule has 1 aliphatic rings. The van der Waals surface area contributed by atoms with Crippen LogP contribution in [-0.2, 0) is 11.3 Å². The van der Waals surface area contributed by atoms with Crippen molar-refractivity contribution < 1.29 is 4.74 Å². The van der Waals surface area contributed by atoms with Gasteiger partial charge in [0, 0.05) is 31.4 Å². The summed E-state index contributed by atoms with van der Waals surface area (Å²) < 4.78 is 5.25. The molecule has 0 atom stereocenters. The number of hydrogen-bond acceptors (Lipinski definition) is 3. The molecule has 1 N–H and O–H groups in total. The number of nitrogens with zero attached hydrogens (tertiary/aromatic N) is 1. The van der Waals surface area contributed by atoms with E-state index in [1.807, 2.05) is 0 Å². The number of hydrogen-bond donors (Lipinski definition) is 1. The average Bonchev–Trinajstić information content (AvgIpc) is 2.71. The van der Waals surface area contributed by atoms with E-state index >= 15 is 0 Å². The van der Waals surface area contributed by atoms with E-state index in [4.69, 9.17) is 4.74 Å². The van der Waals surface area contributed by atoms with Crippen molar-refractivity contribution in [3.63, 3.8) is 0 Å². The van der Waals surface area contributed by atoms with E-state index in [0.717, 1.165) is 19.6 Å². The lowest BCUT2D eigenvalue weighted by molar-refractivity contribution is 0.185. The van der Waals surface area contributed by atoms with Crippen LogP contribution in [0.1, 0.15) is 38.7 Å². The monoisotopic (exact) mass is 276 g/mol. The summed E-state index contributed by atoms with van der Waals surface area (Å²) in [5.74, 6) is 0. The highest BCUT2D eigenvalue weighted by Crippen LogP contribution is 2.25. The van der Waals surface area contributed by atoms with Crippen molar-refractivity contribution in [2.75, 3.05) is 31.6 Å². The molecule has 0 unspecified atom stereocenters. The zero-order chi connectivity index (χ0) is 14.4. The molecule has 0 bridgehead atoms. The Morgan fingerprint density at radius 3 is 2.80 bits per heavy atom. The maximum atomic E-state index is 5.25. The molecule has 1 heterocycles. The number of methoxy groups -OCH3 is 1. The van der Waals surface area contributed by atoms with E-state index in [1.54, 1.807) is 7.11 Å². The summed E-state index contributed by atoms with van der Waals surface area (Å²) in [6, 6.07) is 8.77. The number of benzene rings is 1. The van der Waals surface area contributed by atoms with Crippen LogP contribution in [0.3, 0.4) is 0 Å². The van der Waals surface area contributed by atoms with Crippen LogP contribution in [0.4, 0.5) is 5.69 Å². The van der Waals surface area contributed by atoms with Gasteiger partial charge in [0.1, 0.15) is 0 Å². The van der Waals surface area contributed by atoms with Crippen LogP contribution in [0.15, 0.2) is 24.3 Å². The Labute approximate surface area is 123 Å². The van der Waals surface area contributed by atoms with Crippen molar-refractivity contribution in [2.45, 2.75) is 45.3 Å². The molecule has 20 heavy (non-hydrogen) atoms. The van der Waals surface area contributed by atoms with Crippen LogP contribution < -0.4 is 10.2 Å². The SMILES string of the molecule is CCC1(CC)CN(c2cccc(COC)c2)CCCN1. The van der Waals surface area contributed by atoms with Crippen molar-refractivity contribution in [3.05, 3.63) is 29.8 Å². The molecular weight excluding hydrogens is 248 g/mol. The first-order valence-corrected chi connectivity index (χ1v) is 7.81. The van der Waals surface area contributed by atoms with Gasteiger partial charge in [0.2, 0.25) is 0 Å². The van der Waals surface area contributed by atoms with Gasteiger partial charge in [0.25, 0.3) is 0 Å². The minimum Gasteiger partial charge on any atom is -0.380 e. The van der Waals surface area contributed by atoms with Crippen molar-refractivity contribution in [1.29, 1.82) is 0 Å². The summed E-state index contributed by atoms with van der Waals surface area (Å²) in [6.07, 6.45) is 3.56. The molecule has 0 saturated carbocycles. The second kappa shape index (κ2) is 7.09. The molecule has 0 amide bonds. The van der Waals surface area contributed by atoms with E-state index in [0.29, 0.717) is 6.61 Å². The van der Waals surface area contributed by atoms with Crippen molar-refractivity contribution in [3.8, 4) is 0 Å². The molecule has 0 spiro atoms. The molecule has 2 rings (SSSR count). The summed E-state index contributed by atoms with van der Waals surface area (Å²) in [5, 5.41) is 3.77. The zero-order valence-electron chi connectivity index (χ0n) is 13.1. The highest BCUT2D eigenvalue weighted by Gasteiger charge is 2.30. The van der Waals surface area contributed by atoms with Crippen LogP contribution in [0.5, 0.6) is 0 Å². The highest BCUT2D eigenvalue weighted by molar-refractivity contribution is 5.49. The molecule has 112 valence electrons. The van der Waals surface area contributed by atoms with Gasteiger partial charge < -0.3 is 15.0 Å². The van der Waals surface area contributed by atoms with Gasteiger partial charge >= 0.3 is 0 Å². The number of rotatable bonds is 5. The third-order valence-electron chi connectivity index (χ3n) is 4.54. The molecule has 1 aromatic rings. The Morgan fingerprint density at radius 2 is 2.10 bits per heavy atom. The largest absolute Gasteiger partial charge is 0.380 e. The first-order valence-electron chi connectivity index (χ1n) is 7.81. The number of anilines is 1. The topological polar surface area (TPSA) is 24.5 Å². The second-order valence-corrected chi connectivity index (χ2v) is 5.79. The van der Waals surface area contributed by atoms with E-state index in [-0.39, 0.29) is 5.54 Å². The molecular formula is C17H28N2O. The molecule has 1 fully saturated rings. The van der Waals surface area contributed by atoms with Crippen molar-refractivity contribution in [2.24, 2.45) is 0 Å². The molecule has 0 aliphatic carbocycles. The molecule has 3 heteroatoms. The predicted octanol–water partition coefficient (Wildman–Crippen LogP) is 3.19. The fraction of sp³-hybridized carbons (Fsp3) is 0.647. The molecule has 0 aromatic heterocycles. The van der Waals surface area contributed by atoms with E-state index in [9.17, 15) is 0 Å². The zero-order valence-corrected chi connectivity index (χ0v) is 13.1. The second-order valence-electron chi connectivity index (χ2n) is 5.79. The van der Waals surface area contributed by atoms with Gasteiger partial charge in [-0.25, -0.2) is 0 Å². The van der Waals surface area contributed by atoms with Gasteiger partial charge in [-0.3, -0.25) is 0 Å². The van der Waals surface area contributed by atoms with Crippen LogP contribution >= 0.6 is 0 Å². The minimum absolute atomic E-state index is 0.258. The van der Waals surface area contributed by atoms with Gasteiger partial charge in [-0.1, -0.05) is 26.0 Å². The molecule has 1 aromatic carbocycles. The lowest BCUT2D eigenvalue weighted by Crippen LogP contribution is -2.50. The van der Waals surface area contributed by atoms with Crippen molar-refractivity contribution >= 4 is 5.69 Å².